The molecule has 248 valence electrons. The summed E-state index contributed by atoms with van der Waals surface area (Å²) in [5.74, 6) is -1.25. The Bertz CT molecular complexity index is 1710. The van der Waals surface area contributed by atoms with E-state index in [0.29, 0.717) is 17.6 Å². The first kappa shape index (κ1) is 32.4. The fraction of sp³-hybridized carbons (Fsp3) is 0.452. The first-order chi connectivity index (χ1) is 22.3. The van der Waals surface area contributed by atoms with Crippen LogP contribution in [-0.4, -0.2) is 62.1 Å². The molecule has 0 bridgehead atoms. The Kier molecular flexibility index (Phi) is 8.41. The first-order valence-electron chi connectivity index (χ1n) is 14.9. The van der Waals surface area contributed by atoms with Crippen molar-refractivity contribution in [2.45, 2.75) is 61.8 Å². The molecule has 16 heteroatoms. The minimum absolute atomic E-state index is 0.152. The highest BCUT2D eigenvalue weighted by atomic mass is 19.4. The lowest BCUT2D eigenvalue weighted by atomic mass is 9.62. The normalized spacial score (nSPS) is 28.3. The van der Waals surface area contributed by atoms with Gasteiger partial charge in [-0.25, -0.2) is 14.8 Å². The Morgan fingerprint density at radius 3 is 2.62 bits per heavy atom. The lowest BCUT2D eigenvalue weighted by Gasteiger charge is -2.55. The third-order valence-corrected chi connectivity index (χ3v) is 9.20. The molecule has 12 nitrogen and oxygen atoms in total. The molecule has 1 saturated carbocycles. The molecule has 0 radical (unpaired) electrons. The van der Waals surface area contributed by atoms with Gasteiger partial charge in [-0.15, -0.1) is 0 Å². The average Bonchev–Trinajstić information content (AvgIpc) is 3.46. The summed E-state index contributed by atoms with van der Waals surface area (Å²) in [6.45, 7) is 0.628. The quantitative estimate of drug-likeness (QED) is 0.240. The number of hydrogen-bond donors (Lipinski definition) is 5. The number of nitrogens with one attached hydrogen (secondary N) is 4. The third-order valence-electron chi connectivity index (χ3n) is 9.20. The van der Waals surface area contributed by atoms with E-state index in [0.717, 1.165) is 24.6 Å². The Labute approximate surface area is 266 Å². The summed E-state index contributed by atoms with van der Waals surface area (Å²) in [7, 11) is 1.78. The SMILES string of the molecule is Cn1ncnc1[C@H]1C2NNC(=O)C3CC(F)CC(N[C@@H]1c1ccc(OC[C@](C)(O)C(=O)Nc4ccc(C#N)c(C(F)(F)F)c4)cc1)C32. The van der Waals surface area contributed by atoms with Crippen molar-refractivity contribution >= 4 is 17.5 Å². The number of ether oxygens (including phenoxy) is 1. The summed E-state index contributed by atoms with van der Waals surface area (Å²) in [5.41, 5.74) is 2.52. The van der Waals surface area contributed by atoms with Gasteiger partial charge in [0.05, 0.1) is 23.1 Å². The molecule has 6 rings (SSSR count). The van der Waals surface area contributed by atoms with E-state index in [9.17, 15) is 32.3 Å². The number of alkyl halides is 4. The van der Waals surface area contributed by atoms with Gasteiger partial charge in [0.2, 0.25) is 5.91 Å². The Balaban J connectivity index is 1.17. The molecule has 2 aliphatic heterocycles. The van der Waals surface area contributed by atoms with E-state index in [-0.39, 0.29) is 54.4 Å². The van der Waals surface area contributed by atoms with Gasteiger partial charge in [0.25, 0.3) is 5.91 Å². The molecule has 1 aliphatic carbocycles. The number of anilines is 1. The molecule has 5 unspecified atom stereocenters. The molecule has 2 saturated heterocycles. The molecule has 1 aromatic heterocycles. The second-order valence-corrected chi connectivity index (χ2v) is 12.4. The van der Waals surface area contributed by atoms with Crippen molar-refractivity contribution in [1.82, 2.24) is 30.9 Å². The number of nitrogens with zero attached hydrogens (tertiary/aromatic N) is 4. The molecular weight excluding hydrogens is 624 g/mol. The largest absolute Gasteiger partial charge is 0.490 e. The van der Waals surface area contributed by atoms with E-state index in [2.05, 4.69) is 31.6 Å². The van der Waals surface area contributed by atoms with Crippen molar-refractivity contribution in [1.29, 1.82) is 5.26 Å². The molecule has 0 spiro atoms. The molecule has 2 aromatic carbocycles. The van der Waals surface area contributed by atoms with Crippen LogP contribution in [0.1, 0.15) is 54.2 Å². The smallest absolute Gasteiger partial charge is 0.417 e. The van der Waals surface area contributed by atoms with Crippen LogP contribution in [0.15, 0.2) is 48.8 Å². The zero-order chi connectivity index (χ0) is 33.7. The van der Waals surface area contributed by atoms with Crippen molar-refractivity contribution in [2.24, 2.45) is 18.9 Å². The number of carbonyl (C=O) groups excluding carboxylic acids is 2. The van der Waals surface area contributed by atoms with Gasteiger partial charge in [-0.1, -0.05) is 12.1 Å². The maximum atomic E-state index is 14.8. The molecule has 3 heterocycles. The zero-order valence-electron chi connectivity index (χ0n) is 25.3. The topological polar surface area (TPSA) is 166 Å². The maximum absolute atomic E-state index is 14.8. The standard InChI is InChI=1S/C31H32F4N8O4/c1-30(46,29(45)39-18-6-3-16(12-36)21(11-18)31(33,34)35)13-47-19-7-4-15(5-8-19)25-24(27-37-14-38-43(27)2)26-23-20(28(44)42-41-26)9-17(32)10-22(23)40-25/h3-8,11,14,17,20,22-26,40-41,46H,9-10,13H2,1-2H3,(H,39,45)(H,42,44)/t17?,20?,22?,23?,24-,25-,26?,30+/m1/s1. The van der Waals surface area contributed by atoms with Crippen LogP contribution in [-0.2, 0) is 22.8 Å². The van der Waals surface area contributed by atoms with Crippen LogP contribution in [0.4, 0.5) is 23.2 Å². The number of carbonyl (C=O) groups is 2. The number of nitriles is 1. The predicted octanol–water partition coefficient (Wildman–Crippen LogP) is 2.64. The molecule has 2 amide bonds. The van der Waals surface area contributed by atoms with Gasteiger partial charge < -0.3 is 20.5 Å². The Morgan fingerprint density at radius 1 is 1.21 bits per heavy atom. The zero-order valence-corrected chi connectivity index (χ0v) is 25.3. The lowest BCUT2D eigenvalue weighted by Crippen LogP contribution is -2.71. The summed E-state index contributed by atoms with van der Waals surface area (Å²) in [5, 5.41) is 29.9. The van der Waals surface area contributed by atoms with Gasteiger partial charge in [0.1, 0.15) is 30.7 Å². The van der Waals surface area contributed by atoms with Crippen LogP contribution in [0, 0.1) is 23.2 Å². The van der Waals surface area contributed by atoms with Crippen LogP contribution in [0.5, 0.6) is 5.75 Å². The highest BCUT2D eigenvalue weighted by Crippen LogP contribution is 2.48. The van der Waals surface area contributed by atoms with E-state index in [1.165, 1.54) is 12.4 Å². The van der Waals surface area contributed by atoms with Crippen molar-refractivity contribution in [3.05, 3.63) is 71.3 Å². The average molecular weight is 657 g/mol. The number of aliphatic hydroxyl groups is 1. The first-order valence-corrected chi connectivity index (χ1v) is 14.9. The number of aromatic nitrogens is 3. The van der Waals surface area contributed by atoms with Crippen LogP contribution in [0.25, 0.3) is 0 Å². The Hall–Kier alpha value is -4.59. The van der Waals surface area contributed by atoms with Crippen molar-refractivity contribution in [2.75, 3.05) is 11.9 Å². The number of hydrogen-bond acceptors (Lipinski definition) is 9. The highest BCUT2D eigenvalue weighted by molar-refractivity contribution is 5.97. The van der Waals surface area contributed by atoms with E-state index >= 15 is 0 Å². The molecule has 47 heavy (non-hydrogen) atoms. The van der Waals surface area contributed by atoms with E-state index in [4.69, 9.17) is 10.00 Å². The minimum atomic E-state index is -4.82. The van der Waals surface area contributed by atoms with Crippen LogP contribution >= 0.6 is 0 Å². The van der Waals surface area contributed by atoms with Crippen molar-refractivity contribution < 1.29 is 37.0 Å². The van der Waals surface area contributed by atoms with Crippen LogP contribution < -0.4 is 26.2 Å². The van der Waals surface area contributed by atoms with Crippen molar-refractivity contribution in [3.8, 4) is 11.8 Å². The fourth-order valence-corrected chi connectivity index (χ4v) is 6.92. The highest BCUT2D eigenvalue weighted by Gasteiger charge is 2.56. The minimum Gasteiger partial charge on any atom is -0.490 e. The molecular formula is C31H32F4N8O4. The summed E-state index contributed by atoms with van der Waals surface area (Å²) in [4.78, 5) is 30.0. The number of amides is 2. The van der Waals surface area contributed by atoms with E-state index in [1.807, 2.05) is 0 Å². The number of benzene rings is 2. The van der Waals surface area contributed by atoms with Gasteiger partial charge in [-0.2, -0.15) is 23.5 Å². The number of rotatable bonds is 7. The van der Waals surface area contributed by atoms with Crippen molar-refractivity contribution in [3.63, 3.8) is 0 Å². The number of hydrazine groups is 1. The van der Waals surface area contributed by atoms with E-state index < -0.39 is 47.5 Å². The fourth-order valence-electron chi connectivity index (χ4n) is 6.92. The second-order valence-electron chi connectivity index (χ2n) is 12.4. The second kappa shape index (κ2) is 12.2. The summed E-state index contributed by atoms with van der Waals surface area (Å²) < 4.78 is 62.2. The summed E-state index contributed by atoms with van der Waals surface area (Å²) in [6.07, 6.45) is -4.09. The summed E-state index contributed by atoms with van der Waals surface area (Å²) >= 11 is 0. The van der Waals surface area contributed by atoms with Gasteiger partial charge in [0, 0.05) is 42.7 Å². The predicted molar refractivity (Wildman–Crippen MR) is 157 cm³/mol. The molecule has 3 fully saturated rings. The number of aryl methyl sites for hydroxylation is 1. The molecule has 8 atom stereocenters. The number of piperidine rings is 1. The van der Waals surface area contributed by atoms with Gasteiger partial charge in [-0.3, -0.25) is 19.7 Å². The maximum Gasteiger partial charge on any atom is 0.417 e. The number of halogens is 4. The Morgan fingerprint density at radius 2 is 1.96 bits per heavy atom. The molecule has 3 aromatic rings. The van der Waals surface area contributed by atoms with Crippen LogP contribution in [0.3, 0.4) is 0 Å². The van der Waals surface area contributed by atoms with E-state index in [1.54, 1.807) is 36.0 Å². The lowest BCUT2D eigenvalue weighted by molar-refractivity contribution is -0.139. The summed E-state index contributed by atoms with van der Waals surface area (Å²) in [6, 6.07) is 10.1. The molecule has 5 N–H and O–H groups in total. The van der Waals surface area contributed by atoms with Gasteiger partial charge >= 0.3 is 6.18 Å². The molecule has 3 aliphatic rings. The van der Waals surface area contributed by atoms with Crippen LogP contribution in [0.2, 0.25) is 0 Å². The third kappa shape index (κ3) is 6.25. The monoisotopic (exact) mass is 656 g/mol. The van der Waals surface area contributed by atoms with Gasteiger partial charge in [-0.05, 0) is 55.7 Å². The van der Waals surface area contributed by atoms with Gasteiger partial charge in [0.15, 0.2) is 5.60 Å².